The molecule has 0 amide bonds. The van der Waals surface area contributed by atoms with E-state index in [0.717, 1.165) is 12.8 Å². The lowest BCUT2D eigenvalue weighted by atomic mass is 10.2. The minimum atomic E-state index is -3.00. The number of nitrogens with one attached hydrogen (secondary N) is 1. The van der Waals surface area contributed by atoms with Crippen molar-refractivity contribution in [1.82, 2.24) is 5.32 Å². The zero-order valence-corrected chi connectivity index (χ0v) is 10.7. The summed E-state index contributed by atoms with van der Waals surface area (Å²) in [5.74, 6) is 0.120. The Morgan fingerprint density at radius 1 is 1.31 bits per heavy atom. The van der Waals surface area contributed by atoms with Crippen LogP contribution in [0.15, 0.2) is 0 Å². The van der Waals surface area contributed by atoms with Crippen molar-refractivity contribution in [3.05, 3.63) is 0 Å². The first-order valence-electron chi connectivity index (χ1n) is 5.99. The standard InChI is InChI=1S/C11H21NO3S/c1-2-16(14,15)8-7-11(13)9-12-10-5-3-4-6-10/h10,12H,2-9H2,1H3. The second-order valence-corrected chi connectivity index (χ2v) is 6.86. The van der Waals surface area contributed by atoms with Crippen molar-refractivity contribution in [3.63, 3.8) is 0 Å². The van der Waals surface area contributed by atoms with Gasteiger partial charge < -0.3 is 5.32 Å². The number of hydrogen-bond donors (Lipinski definition) is 1. The molecule has 1 saturated carbocycles. The van der Waals surface area contributed by atoms with Crippen molar-refractivity contribution in [2.45, 2.75) is 45.1 Å². The summed E-state index contributed by atoms with van der Waals surface area (Å²) >= 11 is 0. The van der Waals surface area contributed by atoms with E-state index in [1.165, 1.54) is 12.8 Å². The highest BCUT2D eigenvalue weighted by atomic mass is 32.2. The summed E-state index contributed by atoms with van der Waals surface area (Å²) in [7, 11) is -3.00. The summed E-state index contributed by atoms with van der Waals surface area (Å²) in [4.78, 5) is 11.4. The van der Waals surface area contributed by atoms with E-state index in [0.29, 0.717) is 12.6 Å². The van der Waals surface area contributed by atoms with Gasteiger partial charge in [-0.25, -0.2) is 8.42 Å². The maximum absolute atomic E-state index is 11.4. The first-order valence-corrected chi connectivity index (χ1v) is 7.81. The smallest absolute Gasteiger partial charge is 0.150 e. The van der Waals surface area contributed by atoms with Gasteiger partial charge in [0, 0.05) is 18.2 Å². The van der Waals surface area contributed by atoms with Crippen LogP contribution in [-0.4, -0.2) is 38.3 Å². The third kappa shape index (κ3) is 5.07. The third-order valence-corrected chi connectivity index (χ3v) is 4.78. The molecule has 1 N–H and O–H groups in total. The van der Waals surface area contributed by atoms with E-state index in [4.69, 9.17) is 0 Å². The first-order chi connectivity index (χ1) is 7.53. The topological polar surface area (TPSA) is 63.2 Å². The molecule has 0 radical (unpaired) electrons. The molecule has 0 atom stereocenters. The molecule has 0 aliphatic heterocycles. The Hall–Kier alpha value is -0.420. The molecule has 0 aromatic heterocycles. The highest BCUT2D eigenvalue weighted by Gasteiger charge is 2.16. The Morgan fingerprint density at radius 3 is 2.50 bits per heavy atom. The molecule has 1 fully saturated rings. The van der Waals surface area contributed by atoms with Crippen molar-refractivity contribution in [2.75, 3.05) is 18.1 Å². The molecule has 0 bridgehead atoms. The van der Waals surface area contributed by atoms with Gasteiger partial charge in [-0.1, -0.05) is 19.8 Å². The van der Waals surface area contributed by atoms with Crippen LogP contribution in [0.4, 0.5) is 0 Å². The summed E-state index contributed by atoms with van der Waals surface area (Å²) in [6, 6.07) is 0.465. The normalized spacial score (nSPS) is 17.8. The van der Waals surface area contributed by atoms with Gasteiger partial charge >= 0.3 is 0 Å². The van der Waals surface area contributed by atoms with Gasteiger partial charge in [-0.3, -0.25) is 4.79 Å². The Balaban J connectivity index is 2.15. The molecule has 0 saturated heterocycles. The fourth-order valence-corrected chi connectivity index (χ4v) is 2.72. The molecular formula is C11H21NO3S. The molecule has 5 heteroatoms. The minimum absolute atomic E-state index is 0.00363. The number of sulfone groups is 1. The highest BCUT2D eigenvalue weighted by molar-refractivity contribution is 7.91. The van der Waals surface area contributed by atoms with Crippen LogP contribution in [-0.2, 0) is 14.6 Å². The lowest BCUT2D eigenvalue weighted by Gasteiger charge is -2.10. The van der Waals surface area contributed by atoms with Crippen LogP contribution in [0.2, 0.25) is 0 Å². The predicted molar refractivity (Wildman–Crippen MR) is 64.2 cm³/mol. The van der Waals surface area contributed by atoms with E-state index < -0.39 is 9.84 Å². The van der Waals surface area contributed by atoms with E-state index in [-0.39, 0.29) is 23.7 Å². The molecule has 0 spiro atoms. The van der Waals surface area contributed by atoms with Gasteiger partial charge in [0.2, 0.25) is 0 Å². The molecule has 0 aromatic carbocycles. The molecule has 0 aromatic rings. The van der Waals surface area contributed by atoms with Crippen LogP contribution in [0.1, 0.15) is 39.0 Å². The SMILES string of the molecule is CCS(=O)(=O)CCC(=O)CNC1CCCC1. The van der Waals surface area contributed by atoms with Crippen LogP contribution in [0.25, 0.3) is 0 Å². The number of carbonyl (C=O) groups excluding carboxylic acids is 1. The average Bonchev–Trinajstić information content (AvgIpc) is 2.76. The minimum Gasteiger partial charge on any atom is -0.307 e. The Morgan fingerprint density at radius 2 is 1.94 bits per heavy atom. The van der Waals surface area contributed by atoms with E-state index in [1.807, 2.05) is 0 Å². The van der Waals surface area contributed by atoms with Crippen LogP contribution < -0.4 is 5.32 Å². The van der Waals surface area contributed by atoms with E-state index in [9.17, 15) is 13.2 Å². The molecule has 94 valence electrons. The summed E-state index contributed by atoms with van der Waals surface area (Å²) in [5.41, 5.74) is 0. The quantitative estimate of drug-likeness (QED) is 0.726. The zero-order chi connectivity index (χ0) is 12.0. The average molecular weight is 247 g/mol. The van der Waals surface area contributed by atoms with E-state index in [1.54, 1.807) is 6.92 Å². The number of ketones is 1. The van der Waals surface area contributed by atoms with Crippen molar-refractivity contribution >= 4 is 15.6 Å². The maximum atomic E-state index is 11.4. The molecular weight excluding hydrogens is 226 g/mol. The summed E-state index contributed by atoms with van der Waals surface area (Å²) in [5, 5.41) is 3.19. The van der Waals surface area contributed by atoms with Gasteiger partial charge in [0.05, 0.1) is 12.3 Å². The number of hydrogen-bond acceptors (Lipinski definition) is 4. The van der Waals surface area contributed by atoms with Crippen LogP contribution in [0.5, 0.6) is 0 Å². The second-order valence-electron chi connectivity index (χ2n) is 4.39. The molecule has 4 nitrogen and oxygen atoms in total. The van der Waals surface area contributed by atoms with E-state index in [2.05, 4.69) is 5.32 Å². The molecule has 16 heavy (non-hydrogen) atoms. The van der Waals surface area contributed by atoms with Crippen LogP contribution >= 0.6 is 0 Å². The van der Waals surface area contributed by atoms with Gasteiger partial charge in [-0.15, -0.1) is 0 Å². The fraction of sp³-hybridized carbons (Fsp3) is 0.909. The molecule has 1 rings (SSSR count). The van der Waals surface area contributed by atoms with Crippen molar-refractivity contribution in [3.8, 4) is 0 Å². The highest BCUT2D eigenvalue weighted by Crippen LogP contribution is 2.17. The monoisotopic (exact) mass is 247 g/mol. The Bertz CT molecular complexity index is 318. The van der Waals surface area contributed by atoms with Gasteiger partial charge in [0.1, 0.15) is 15.6 Å². The van der Waals surface area contributed by atoms with Gasteiger partial charge in [0.25, 0.3) is 0 Å². The lowest BCUT2D eigenvalue weighted by molar-refractivity contribution is -0.118. The van der Waals surface area contributed by atoms with Crippen LogP contribution in [0.3, 0.4) is 0 Å². The van der Waals surface area contributed by atoms with E-state index >= 15 is 0 Å². The Kier molecular flexibility index (Phi) is 5.41. The summed E-state index contributed by atoms with van der Waals surface area (Å²) in [6.45, 7) is 1.93. The lowest BCUT2D eigenvalue weighted by Crippen LogP contribution is -2.32. The maximum Gasteiger partial charge on any atom is 0.150 e. The molecule has 1 aliphatic rings. The van der Waals surface area contributed by atoms with Crippen LogP contribution in [0, 0.1) is 0 Å². The number of rotatable bonds is 7. The van der Waals surface area contributed by atoms with Crippen molar-refractivity contribution < 1.29 is 13.2 Å². The van der Waals surface area contributed by atoms with Crippen molar-refractivity contribution in [2.24, 2.45) is 0 Å². The zero-order valence-electron chi connectivity index (χ0n) is 9.87. The molecule has 0 unspecified atom stereocenters. The third-order valence-electron chi connectivity index (χ3n) is 3.07. The molecule has 1 aliphatic carbocycles. The van der Waals surface area contributed by atoms with Gasteiger partial charge in [0.15, 0.2) is 0 Å². The second kappa shape index (κ2) is 6.35. The number of carbonyl (C=O) groups is 1. The van der Waals surface area contributed by atoms with Crippen molar-refractivity contribution in [1.29, 1.82) is 0 Å². The fourth-order valence-electron chi connectivity index (χ4n) is 1.89. The Labute approximate surface area is 97.7 Å². The summed E-state index contributed by atoms with van der Waals surface area (Å²) in [6.07, 6.45) is 4.89. The largest absolute Gasteiger partial charge is 0.307 e. The number of Topliss-reactive ketones (excluding diaryl/α,β-unsaturated/α-hetero) is 1. The van der Waals surface area contributed by atoms with Gasteiger partial charge in [-0.05, 0) is 12.8 Å². The first kappa shape index (κ1) is 13.6. The molecule has 0 heterocycles. The van der Waals surface area contributed by atoms with Gasteiger partial charge in [-0.2, -0.15) is 0 Å². The summed E-state index contributed by atoms with van der Waals surface area (Å²) < 4.78 is 22.4. The predicted octanol–water partition coefficient (Wildman–Crippen LogP) is 0.912.